The number of nitrogens with zero attached hydrogens (tertiary/aromatic N) is 2. The number of rotatable bonds is 4. The second-order valence-corrected chi connectivity index (χ2v) is 19.5. The standard InChI is InChI=1S/C54H60F2N4O11/c1-25-11-10-12-26(2)52(67)58-44-43-42(59-54(60-43)23-36(32-13-17-34(55)18-14-32)57-37(24-54)33-15-19-35(56)20-16-33)39-40(48(44)65)47(64)30(6)50-41(39)51(66)53(8,71-50)69-22-21-38(68-9)27(3)49(70-31(7)61)29(5)46(63)28(4)45(25)62/h10-22,25,27-29,36-38,45-46,49,57,62-65H,23-24H2,1-9H3,(H,58,67)/b11-10+,22-21+,26-12-/t25-,27+,28+,29-,36-,37+,38-,45-,46-,49+,53-,54?/m0/s1. The van der Waals surface area contributed by atoms with E-state index in [0.29, 0.717) is 11.1 Å². The Hall–Kier alpha value is -6.53. The van der Waals surface area contributed by atoms with Crippen LogP contribution >= 0.6 is 0 Å². The molecule has 1 spiro atoms. The number of ether oxygens (including phenoxy) is 4. The number of carbonyl (C=O) groups is 3. The predicted octanol–water partition coefficient (Wildman–Crippen LogP) is 7.14. The summed E-state index contributed by atoms with van der Waals surface area (Å²) in [6, 6.07) is 10.9. The van der Waals surface area contributed by atoms with Crippen molar-refractivity contribution in [3.63, 3.8) is 0 Å². The van der Waals surface area contributed by atoms with Crippen molar-refractivity contribution in [3.05, 3.63) is 129 Å². The predicted molar refractivity (Wildman–Crippen MR) is 258 cm³/mol. The smallest absolute Gasteiger partial charge is 0.312 e. The van der Waals surface area contributed by atoms with Crippen molar-refractivity contribution in [1.29, 1.82) is 0 Å². The van der Waals surface area contributed by atoms with E-state index < -0.39 is 112 Å². The fourth-order valence-corrected chi connectivity index (χ4v) is 10.5. The van der Waals surface area contributed by atoms with Gasteiger partial charge in [-0.1, -0.05) is 70.2 Å². The van der Waals surface area contributed by atoms with Crippen LogP contribution in [0.15, 0.2) is 94.7 Å². The minimum atomic E-state index is -2.07. The van der Waals surface area contributed by atoms with Crippen molar-refractivity contribution in [3.8, 4) is 17.2 Å². The number of methoxy groups -OCH3 is 1. The van der Waals surface area contributed by atoms with Crippen LogP contribution in [0.5, 0.6) is 17.2 Å². The number of ketones is 1. The third-order valence-corrected chi connectivity index (χ3v) is 14.6. The molecule has 1 fully saturated rings. The number of aliphatic hydroxyl groups excluding tert-OH is 2. The Morgan fingerprint density at radius 2 is 1.41 bits per heavy atom. The van der Waals surface area contributed by atoms with Crippen LogP contribution in [0.3, 0.4) is 0 Å². The fraction of sp³-hybridized carbons (Fsp3) is 0.426. The molecule has 8 rings (SSSR count). The molecular weight excluding hydrogens is 919 g/mol. The number of phenols is 2. The highest BCUT2D eigenvalue weighted by Crippen LogP contribution is 2.51. The zero-order valence-electron chi connectivity index (χ0n) is 41.0. The topological polar surface area (TPSA) is 218 Å². The maximum atomic E-state index is 15.0. The van der Waals surface area contributed by atoms with Gasteiger partial charge in [0.15, 0.2) is 11.4 Å². The van der Waals surface area contributed by atoms with Crippen molar-refractivity contribution >= 4 is 34.1 Å². The van der Waals surface area contributed by atoms with E-state index in [1.54, 1.807) is 64.1 Å². The lowest BCUT2D eigenvalue weighted by molar-refractivity contribution is -0.160. The Labute approximate surface area is 409 Å². The van der Waals surface area contributed by atoms with Crippen molar-refractivity contribution in [1.82, 2.24) is 5.32 Å². The molecule has 0 aliphatic carbocycles. The Balaban J connectivity index is 1.34. The van der Waals surface area contributed by atoms with Crippen LogP contribution in [-0.4, -0.2) is 81.1 Å². The first-order valence-electron chi connectivity index (χ1n) is 23.7. The molecule has 71 heavy (non-hydrogen) atoms. The van der Waals surface area contributed by atoms with Crippen LogP contribution < -0.4 is 26.1 Å². The molecule has 4 aromatic carbocycles. The SMILES string of the molecule is CO[C@H]1/C=C/O[C@@]2(C)Oc3c(C)c(O)c4c(O)c(c5c(c4c3C2=O)=NC2(C[C@@H](c3ccc(F)cc3)N[C@@H](c3ccc(F)cc3)C2)N=5)NC(=O)/C(C)=C\C=C\[C@H](C)[C@H](O)[C@@H](C)[C@H](O)[C@H](C)[C@H](OC(C)=O)[C@@H]1C. The van der Waals surface area contributed by atoms with Crippen molar-refractivity contribution in [2.24, 2.45) is 33.7 Å². The van der Waals surface area contributed by atoms with Crippen LogP contribution in [0.25, 0.3) is 10.8 Å². The van der Waals surface area contributed by atoms with E-state index in [2.05, 4.69) is 10.6 Å². The molecule has 6 N–H and O–H groups in total. The molecule has 12 atom stereocenters. The van der Waals surface area contributed by atoms with Gasteiger partial charge < -0.3 is 50.0 Å². The van der Waals surface area contributed by atoms with Crippen LogP contribution in [0.2, 0.25) is 0 Å². The first-order valence-corrected chi connectivity index (χ1v) is 23.7. The molecule has 4 aromatic rings. The normalized spacial score (nSPS) is 32.7. The number of aromatic hydroxyl groups is 2. The lowest BCUT2D eigenvalue weighted by Crippen LogP contribution is -2.46. The van der Waals surface area contributed by atoms with E-state index in [9.17, 15) is 38.8 Å². The van der Waals surface area contributed by atoms with Gasteiger partial charge in [0.05, 0.1) is 40.9 Å². The number of piperidine rings is 1. The number of fused-ring (bicyclic) bond motifs is 1. The molecule has 15 nitrogen and oxygen atoms in total. The third kappa shape index (κ3) is 9.43. The van der Waals surface area contributed by atoms with Gasteiger partial charge in [0.2, 0.25) is 0 Å². The molecule has 0 radical (unpaired) electrons. The fourth-order valence-electron chi connectivity index (χ4n) is 10.5. The Morgan fingerprint density at radius 3 is 1.99 bits per heavy atom. The molecular formula is C54H60F2N4O11. The van der Waals surface area contributed by atoms with Gasteiger partial charge >= 0.3 is 11.8 Å². The number of amides is 1. The quantitative estimate of drug-likeness (QED) is 0.0889. The van der Waals surface area contributed by atoms with E-state index in [4.69, 9.17) is 28.9 Å². The number of benzene rings is 4. The summed E-state index contributed by atoms with van der Waals surface area (Å²) >= 11 is 0. The average molecular weight is 979 g/mol. The number of hydrogen-bond acceptors (Lipinski definition) is 14. The maximum absolute atomic E-state index is 15.0. The number of carbonyl (C=O) groups excluding carboxylic acids is 3. The summed E-state index contributed by atoms with van der Waals surface area (Å²) < 4.78 is 52.7. The van der Waals surface area contributed by atoms with Gasteiger partial charge in [-0.2, -0.15) is 0 Å². The van der Waals surface area contributed by atoms with Crippen molar-refractivity contribution in [2.75, 3.05) is 12.4 Å². The molecule has 4 heterocycles. The average Bonchev–Trinajstić information content (AvgIpc) is 3.83. The Bertz CT molecular complexity index is 2940. The molecule has 1 unspecified atom stereocenters. The molecule has 4 aliphatic rings. The molecule has 1 saturated heterocycles. The highest BCUT2D eigenvalue weighted by atomic mass is 19.1. The monoisotopic (exact) mass is 978 g/mol. The van der Waals surface area contributed by atoms with Crippen LogP contribution in [0.1, 0.15) is 100 Å². The van der Waals surface area contributed by atoms with Gasteiger partial charge in [0, 0.05) is 86.1 Å². The number of allylic oxidation sites excluding steroid dienone is 2. The first-order chi connectivity index (χ1) is 33.6. The zero-order valence-corrected chi connectivity index (χ0v) is 41.0. The molecule has 1 amide bonds. The van der Waals surface area contributed by atoms with E-state index in [0.717, 1.165) is 0 Å². The number of halogens is 2. The summed E-state index contributed by atoms with van der Waals surface area (Å²) in [5.74, 6) is -8.67. The van der Waals surface area contributed by atoms with Gasteiger partial charge in [0.25, 0.3) is 11.7 Å². The second kappa shape index (κ2) is 19.6. The molecule has 376 valence electrons. The lowest BCUT2D eigenvalue weighted by Gasteiger charge is -2.40. The molecule has 0 aromatic heterocycles. The third-order valence-electron chi connectivity index (χ3n) is 14.6. The van der Waals surface area contributed by atoms with Crippen LogP contribution in [0.4, 0.5) is 14.5 Å². The number of nitrogens with one attached hydrogen (secondary N) is 2. The van der Waals surface area contributed by atoms with Crippen LogP contribution in [-0.2, 0) is 23.8 Å². The molecule has 0 saturated carbocycles. The number of anilines is 1. The van der Waals surface area contributed by atoms with E-state index >= 15 is 4.79 Å². The summed E-state index contributed by atoms with van der Waals surface area (Å²) in [6.07, 6.45) is 3.83. The number of aliphatic hydroxyl groups is 2. The summed E-state index contributed by atoms with van der Waals surface area (Å²) in [7, 11) is 1.44. The highest BCUT2D eigenvalue weighted by molar-refractivity contribution is 6.19. The van der Waals surface area contributed by atoms with Crippen LogP contribution in [0, 0.1) is 42.2 Å². The molecule has 4 aliphatic heterocycles. The summed E-state index contributed by atoms with van der Waals surface area (Å²) in [5.41, 5.74) is -0.0444. The summed E-state index contributed by atoms with van der Waals surface area (Å²) in [5, 5.41) is 53.8. The Morgan fingerprint density at radius 1 is 0.817 bits per heavy atom. The largest absolute Gasteiger partial charge is 0.507 e. The molecule has 17 heteroatoms. The number of hydrogen-bond donors (Lipinski definition) is 6. The number of Topliss-reactive ketones (excluding diaryl/α,β-unsaturated/α-hetero) is 1. The van der Waals surface area contributed by atoms with Gasteiger partial charge in [-0.05, 0) is 55.3 Å². The lowest BCUT2D eigenvalue weighted by atomic mass is 9.78. The van der Waals surface area contributed by atoms with E-state index in [1.165, 1.54) is 77.5 Å². The van der Waals surface area contributed by atoms with Gasteiger partial charge in [0.1, 0.15) is 40.3 Å². The second-order valence-electron chi connectivity index (χ2n) is 19.5. The minimum Gasteiger partial charge on any atom is -0.507 e. The van der Waals surface area contributed by atoms with Gasteiger partial charge in [-0.15, -0.1) is 0 Å². The van der Waals surface area contributed by atoms with Crippen molar-refractivity contribution in [2.45, 2.75) is 116 Å². The van der Waals surface area contributed by atoms with E-state index in [-0.39, 0.29) is 62.5 Å². The zero-order chi connectivity index (χ0) is 51.4. The van der Waals surface area contributed by atoms with Crippen molar-refractivity contribution < 1.29 is 62.5 Å². The summed E-state index contributed by atoms with van der Waals surface area (Å²) in [4.78, 5) is 52.3. The first kappa shape index (κ1) is 50.8. The van der Waals surface area contributed by atoms with Gasteiger partial charge in [-0.25, -0.2) is 8.78 Å². The minimum absolute atomic E-state index is 0.00390. The maximum Gasteiger partial charge on any atom is 0.312 e. The number of phenolic OH excluding ortho intramolecular Hbond substituents is 2. The number of esters is 1. The Kier molecular flexibility index (Phi) is 14.0. The van der Waals surface area contributed by atoms with E-state index in [1.807, 2.05) is 0 Å². The highest BCUT2D eigenvalue weighted by Gasteiger charge is 2.51. The molecule has 4 bridgehead atoms. The van der Waals surface area contributed by atoms with Gasteiger partial charge in [-0.3, -0.25) is 24.4 Å². The summed E-state index contributed by atoms with van der Waals surface area (Å²) in [6.45, 7) is 12.6.